The number of carboxylic acids is 1. The zero-order valence-electron chi connectivity index (χ0n) is 12.3. The van der Waals surface area contributed by atoms with Crippen LogP contribution in [0.3, 0.4) is 0 Å². The summed E-state index contributed by atoms with van der Waals surface area (Å²) >= 11 is 0. The maximum absolute atomic E-state index is 12.6. The molecule has 1 aliphatic rings. The fourth-order valence-electron chi connectivity index (χ4n) is 2.41. The highest BCUT2D eigenvalue weighted by Gasteiger charge is 2.43. The average Bonchev–Trinajstić information content (AvgIpc) is 2.41. The third-order valence-electron chi connectivity index (χ3n) is 3.85. The van der Waals surface area contributed by atoms with Crippen LogP contribution in [0, 0.1) is 0 Å². The SMILES string of the molecule is C/C(=C\C(=O)O)C(=O)OC1(c2ccc(C(F)(F)F)cc2)CCC1. The van der Waals surface area contributed by atoms with E-state index in [2.05, 4.69) is 0 Å². The number of carboxylic acid groups (broad SMARTS) is 1. The van der Waals surface area contributed by atoms with Crippen LogP contribution in [-0.4, -0.2) is 17.0 Å². The minimum Gasteiger partial charge on any atom is -0.478 e. The number of esters is 1. The van der Waals surface area contributed by atoms with Gasteiger partial charge in [0, 0.05) is 11.6 Å². The van der Waals surface area contributed by atoms with Gasteiger partial charge in [-0.2, -0.15) is 13.2 Å². The zero-order valence-corrected chi connectivity index (χ0v) is 12.3. The summed E-state index contributed by atoms with van der Waals surface area (Å²) in [4.78, 5) is 22.5. The van der Waals surface area contributed by atoms with E-state index < -0.39 is 29.3 Å². The monoisotopic (exact) mass is 328 g/mol. The van der Waals surface area contributed by atoms with E-state index in [1.165, 1.54) is 19.1 Å². The predicted molar refractivity (Wildman–Crippen MR) is 74.5 cm³/mol. The van der Waals surface area contributed by atoms with Gasteiger partial charge in [-0.05, 0) is 43.9 Å². The Hall–Kier alpha value is -2.31. The Balaban J connectivity index is 2.21. The van der Waals surface area contributed by atoms with Gasteiger partial charge in [-0.3, -0.25) is 0 Å². The molecule has 23 heavy (non-hydrogen) atoms. The molecule has 124 valence electrons. The lowest BCUT2D eigenvalue weighted by Crippen LogP contribution is -2.39. The van der Waals surface area contributed by atoms with Gasteiger partial charge in [0.25, 0.3) is 0 Å². The third kappa shape index (κ3) is 3.72. The van der Waals surface area contributed by atoms with Crippen LogP contribution in [0.15, 0.2) is 35.9 Å². The molecule has 0 heterocycles. The van der Waals surface area contributed by atoms with Crippen LogP contribution in [0.5, 0.6) is 0 Å². The number of alkyl halides is 3. The van der Waals surface area contributed by atoms with E-state index in [1.54, 1.807) is 0 Å². The molecular weight excluding hydrogens is 313 g/mol. The molecule has 0 aliphatic heterocycles. The summed E-state index contributed by atoms with van der Waals surface area (Å²) in [5, 5.41) is 8.64. The minimum absolute atomic E-state index is 0.0734. The molecule has 0 radical (unpaired) electrons. The number of benzene rings is 1. The second-order valence-electron chi connectivity index (χ2n) is 5.48. The van der Waals surface area contributed by atoms with Gasteiger partial charge in [0.05, 0.1) is 5.56 Å². The van der Waals surface area contributed by atoms with Crippen LogP contribution >= 0.6 is 0 Å². The van der Waals surface area contributed by atoms with Crippen LogP contribution in [0.2, 0.25) is 0 Å². The van der Waals surface area contributed by atoms with Crippen LogP contribution < -0.4 is 0 Å². The molecule has 0 unspecified atom stereocenters. The third-order valence-corrected chi connectivity index (χ3v) is 3.85. The molecule has 4 nitrogen and oxygen atoms in total. The predicted octanol–water partition coefficient (Wildman–Crippen LogP) is 3.66. The van der Waals surface area contributed by atoms with Gasteiger partial charge in [0.15, 0.2) is 0 Å². The van der Waals surface area contributed by atoms with E-state index in [-0.39, 0.29) is 5.57 Å². The smallest absolute Gasteiger partial charge is 0.416 e. The number of aliphatic carboxylic acids is 1. The molecule has 0 bridgehead atoms. The standard InChI is InChI=1S/C16H15F3O4/c1-10(9-13(20)21)14(22)23-15(7-2-8-15)11-3-5-12(6-4-11)16(17,18)19/h3-6,9H,2,7-8H2,1H3,(H,20,21)/b10-9+. The Labute approximate surface area is 130 Å². The molecule has 2 rings (SSSR count). The number of hydrogen-bond acceptors (Lipinski definition) is 3. The molecular formula is C16H15F3O4. The molecule has 1 saturated carbocycles. The summed E-state index contributed by atoms with van der Waals surface area (Å²) < 4.78 is 43.2. The Bertz CT molecular complexity index is 640. The van der Waals surface area contributed by atoms with Crippen molar-refractivity contribution in [1.82, 2.24) is 0 Å². The normalized spacial score (nSPS) is 17.3. The Morgan fingerprint density at radius 3 is 2.17 bits per heavy atom. The van der Waals surface area contributed by atoms with Crippen molar-refractivity contribution in [2.45, 2.75) is 38.0 Å². The summed E-state index contributed by atoms with van der Waals surface area (Å²) in [6.07, 6.45) is -1.94. The number of carbonyl (C=O) groups excluding carboxylic acids is 1. The number of halogens is 3. The highest BCUT2D eigenvalue weighted by Crippen LogP contribution is 2.45. The molecule has 1 aliphatic carbocycles. The van der Waals surface area contributed by atoms with Gasteiger partial charge >= 0.3 is 18.1 Å². The fraction of sp³-hybridized carbons (Fsp3) is 0.375. The van der Waals surface area contributed by atoms with Crippen molar-refractivity contribution < 1.29 is 32.6 Å². The van der Waals surface area contributed by atoms with E-state index >= 15 is 0 Å². The lowest BCUT2D eigenvalue weighted by atomic mass is 9.74. The zero-order chi connectivity index (χ0) is 17.3. The number of ether oxygens (including phenoxy) is 1. The summed E-state index contributed by atoms with van der Waals surface area (Å²) in [6.45, 7) is 1.32. The highest BCUT2D eigenvalue weighted by molar-refractivity contribution is 5.95. The number of hydrogen-bond donors (Lipinski definition) is 1. The van der Waals surface area contributed by atoms with Crippen molar-refractivity contribution in [3.05, 3.63) is 47.0 Å². The highest BCUT2D eigenvalue weighted by atomic mass is 19.4. The Morgan fingerprint density at radius 1 is 1.22 bits per heavy atom. The molecule has 1 fully saturated rings. The Kier molecular flexibility index (Phi) is 4.49. The fourth-order valence-corrected chi connectivity index (χ4v) is 2.41. The average molecular weight is 328 g/mol. The first-order valence-corrected chi connectivity index (χ1v) is 6.96. The van der Waals surface area contributed by atoms with Crippen molar-refractivity contribution in [2.75, 3.05) is 0 Å². The second-order valence-corrected chi connectivity index (χ2v) is 5.48. The van der Waals surface area contributed by atoms with Crippen molar-refractivity contribution in [3.8, 4) is 0 Å². The van der Waals surface area contributed by atoms with Crippen molar-refractivity contribution in [3.63, 3.8) is 0 Å². The Morgan fingerprint density at radius 2 is 1.78 bits per heavy atom. The molecule has 1 aromatic rings. The van der Waals surface area contributed by atoms with Gasteiger partial charge in [-0.15, -0.1) is 0 Å². The molecule has 1 N–H and O–H groups in total. The van der Waals surface area contributed by atoms with E-state index in [4.69, 9.17) is 9.84 Å². The van der Waals surface area contributed by atoms with Crippen molar-refractivity contribution in [2.24, 2.45) is 0 Å². The number of carbonyl (C=O) groups is 2. The molecule has 0 saturated heterocycles. The molecule has 1 aromatic carbocycles. The molecule has 7 heteroatoms. The lowest BCUT2D eigenvalue weighted by molar-refractivity contribution is -0.167. The van der Waals surface area contributed by atoms with E-state index in [0.717, 1.165) is 24.6 Å². The number of rotatable bonds is 4. The van der Waals surface area contributed by atoms with Crippen LogP contribution in [-0.2, 0) is 26.1 Å². The minimum atomic E-state index is -4.43. The topological polar surface area (TPSA) is 63.6 Å². The van der Waals surface area contributed by atoms with Crippen molar-refractivity contribution in [1.29, 1.82) is 0 Å². The van der Waals surface area contributed by atoms with E-state index in [0.29, 0.717) is 18.4 Å². The van der Waals surface area contributed by atoms with Gasteiger partial charge in [-0.25, -0.2) is 9.59 Å². The van der Waals surface area contributed by atoms with Crippen LogP contribution in [0.1, 0.15) is 37.3 Å². The van der Waals surface area contributed by atoms with Gasteiger partial charge in [-0.1, -0.05) is 12.1 Å². The molecule has 0 spiro atoms. The summed E-state index contributed by atoms with van der Waals surface area (Å²) in [5.74, 6) is -2.05. The van der Waals surface area contributed by atoms with Gasteiger partial charge < -0.3 is 9.84 Å². The summed E-state index contributed by atoms with van der Waals surface area (Å²) in [6, 6.07) is 4.49. The second kappa shape index (κ2) is 6.06. The molecule has 0 aromatic heterocycles. The summed E-state index contributed by atoms with van der Waals surface area (Å²) in [5.41, 5.74) is -1.35. The lowest BCUT2D eigenvalue weighted by Gasteiger charge is -2.41. The maximum atomic E-state index is 12.6. The van der Waals surface area contributed by atoms with E-state index in [9.17, 15) is 22.8 Å². The first kappa shape index (κ1) is 17.1. The quantitative estimate of drug-likeness (QED) is 0.677. The van der Waals surface area contributed by atoms with Crippen LogP contribution in [0.4, 0.5) is 13.2 Å². The van der Waals surface area contributed by atoms with Crippen molar-refractivity contribution >= 4 is 11.9 Å². The summed E-state index contributed by atoms with van der Waals surface area (Å²) in [7, 11) is 0. The molecule has 0 atom stereocenters. The first-order valence-electron chi connectivity index (χ1n) is 6.96. The maximum Gasteiger partial charge on any atom is 0.416 e. The van der Waals surface area contributed by atoms with Gasteiger partial charge in [0.2, 0.25) is 0 Å². The first-order chi connectivity index (χ1) is 10.6. The van der Waals surface area contributed by atoms with Crippen LogP contribution in [0.25, 0.3) is 0 Å². The largest absolute Gasteiger partial charge is 0.478 e. The van der Waals surface area contributed by atoms with Gasteiger partial charge in [0.1, 0.15) is 5.60 Å². The van der Waals surface area contributed by atoms with E-state index in [1.807, 2.05) is 0 Å². The molecule has 0 amide bonds.